The fraction of sp³-hybridized carbons (Fsp3) is 0.333. The first-order chi connectivity index (χ1) is 13.9. The molecule has 0 atom stereocenters. The van der Waals surface area contributed by atoms with E-state index in [1.54, 1.807) is 18.2 Å². The van der Waals surface area contributed by atoms with Gasteiger partial charge in [0.25, 0.3) is 0 Å². The number of likely N-dealkylation sites (tertiary alicyclic amines) is 1. The van der Waals surface area contributed by atoms with Gasteiger partial charge in [0, 0.05) is 37.0 Å². The standard InChI is InChI=1S/C24H24ClNO3/c1-16-7-9-19-21(27)15-24(29-23(19)17(16)2)11-13-26(14-12-24)22(28)10-8-18-5-3-4-6-20(18)25/h3-10H,11-15H2,1-2H3/b10-8+. The molecule has 1 amide bonds. The van der Waals surface area contributed by atoms with Crippen LogP contribution in [0.1, 0.15) is 46.3 Å². The summed E-state index contributed by atoms with van der Waals surface area (Å²) in [7, 11) is 0. The van der Waals surface area contributed by atoms with Gasteiger partial charge in [-0.3, -0.25) is 9.59 Å². The zero-order valence-electron chi connectivity index (χ0n) is 16.7. The molecule has 0 N–H and O–H groups in total. The maximum atomic E-state index is 12.7. The zero-order valence-corrected chi connectivity index (χ0v) is 17.5. The number of aryl methyl sites for hydroxylation is 1. The van der Waals surface area contributed by atoms with Crippen molar-refractivity contribution in [1.82, 2.24) is 4.90 Å². The molecule has 4 rings (SSSR count). The van der Waals surface area contributed by atoms with E-state index in [1.165, 1.54) is 0 Å². The first-order valence-electron chi connectivity index (χ1n) is 9.92. The third-order valence-corrected chi connectivity index (χ3v) is 6.42. The Balaban J connectivity index is 1.45. The molecule has 5 heteroatoms. The van der Waals surface area contributed by atoms with Crippen molar-refractivity contribution in [3.63, 3.8) is 0 Å². The average Bonchev–Trinajstić information content (AvgIpc) is 2.71. The van der Waals surface area contributed by atoms with E-state index in [4.69, 9.17) is 16.3 Å². The average molecular weight is 410 g/mol. The third kappa shape index (κ3) is 3.82. The van der Waals surface area contributed by atoms with Crippen molar-refractivity contribution in [2.75, 3.05) is 13.1 Å². The Labute approximate surface area is 176 Å². The number of rotatable bonds is 2. The van der Waals surface area contributed by atoms with Crippen LogP contribution in [0.15, 0.2) is 42.5 Å². The lowest BCUT2D eigenvalue weighted by Gasteiger charge is -2.44. The van der Waals surface area contributed by atoms with Crippen LogP contribution in [0.4, 0.5) is 0 Å². The Bertz CT molecular complexity index is 1000. The lowest BCUT2D eigenvalue weighted by Crippen LogP contribution is -2.52. The van der Waals surface area contributed by atoms with E-state index in [1.807, 2.05) is 49.1 Å². The van der Waals surface area contributed by atoms with Crippen molar-refractivity contribution in [3.8, 4) is 5.75 Å². The molecule has 0 unspecified atom stereocenters. The lowest BCUT2D eigenvalue weighted by atomic mass is 9.81. The molecular weight excluding hydrogens is 386 g/mol. The molecule has 0 bridgehead atoms. The van der Waals surface area contributed by atoms with E-state index in [9.17, 15) is 9.59 Å². The van der Waals surface area contributed by atoms with E-state index in [0.717, 1.165) is 22.4 Å². The van der Waals surface area contributed by atoms with E-state index >= 15 is 0 Å². The van der Waals surface area contributed by atoms with Gasteiger partial charge in [-0.2, -0.15) is 0 Å². The molecule has 4 nitrogen and oxygen atoms in total. The Morgan fingerprint density at radius 1 is 1.14 bits per heavy atom. The first kappa shape index (κ1) is 19.7. The summed E-state index contributed by atoms with van der Waals surface area (Å²) in [5.41, 5.74) is 3.13. The van der Waals surface area contributed by atoms with Crippen LogP contribution in [0.3, 0.4) is 0 Å². The number of benzene rings is 2. The minimum Gasteiger partial charge on any atom is -0.486 e. The zero-order chi connectivity index (χ0) is 20.6. The van der Waals surface area contributed by atoms with Crippen LogP contribution in [0.5, 0.6) is 5.75 Å². The Kier molecular flexibility index (Phi) is 5.22. The topological polar surface area (TPSA) is 46.6 Å². The number of piperidine rings is 1. The van der Waals surface area contributed by atoms with Gasteiger partial charge < -0.3 is 9.64 Å². The summed E-state index contributed by atoms with van der Waals surface area (Å²) in [5, 5.41) is 0.618. The van der Waals surface area contributed by atoms with Crippen molar-refractivity contribution < 1.29 is 14.3 Å². The minimum absolute atomic E-state index is 0.0469. The second kappa shape index (κ2) is 7.68. The number of hydrogen-bond donors (Lipinski definition) is 0. The molecule has 0 radical (unpaired) electrons. The number of carbonyl (C=O) groups is 2. The van der Waals surface area contributed by atoms with E-state index in [-0.39, 0.29) is 11.7 Å². The minimum atomic E-state index is -0.508. The normalized spacial score (nSPS) is 18.0. The van der Waals surface area contributed by atoms with Crippen molar-refractivity contribution in [3.05, 3.63) is 69.8 Å². The first-order valence-corrected chi connectivity index (χ1v) is 10.3. The SMILES string of the molecule is Cc1ccc2c(c1C)OC1(CCN(C(=O)/C=C/c3ccccc3Cl)CC1)CC2=O. The molecule has 2 aromatic carbocycles. The van der Waals surface area contributed by atoms with E-state index < -0.39 is 5.60 Å². The van der Waals surface area contributed by atoms with Gasteiger partial charge in [0.1, 0.15) is 11.4 Å². The van der Waals surface area contributed by atoms with Gasteiger partial charge in [0.05, 0.1) is 12.0 Å². The summed E-state index contributed by atoms with van der Waals surface area (Å²) in [6, 6.07) is 11.3. The number of amides is 1. The second-order valence-electron chi connectivity index (χ2n) is 7.95. The summed E-state index contributed by atoms with van der Waals surface area (Å²) in [4.78, 5) is 27.2. The van der Waals surface area contributed by atoms with Gasteiger partial charge in [-0.05, 0) is 48.7 Å². The van der Waals surface area contributed by atoms with Gasteiger partial charge in [-0.15, -0.1) is 0 Å². The van der Waals surface area contributed by atoms with Crippen LogP contribution in [0.2, 0.25) is 5.02 Å². The van der Waals surface area contributed by atoms with Crippen molar-refractivity contribution in [2.45, 2.75) is 38.7 Å². The molecule has 29 heavy (non-hydrogen) atoms. The molecule has 1 spiro atoms. The molecular formula is C24H24ClNO3. The fourth-order valence-electron chi connectivity index (χ4n) is 4.07. The highest BCUT2D eigenvalue weighted by Crippen LogP contribution is 2.41. The number of Topliss-reactive ketones (excluding diaryl/α,β-unsaturated/α-hetero) is 1. The van der Waals surface area contributed by atoms with Crippen molar-refractivity contribution >= 4 is 29.4 Å². The molecule has 2 aliphatic rings. The smallest absolute Gasteiger partial charge is 0.246 e. The highest BCUT2D eigenvalue weighted by Gasteiger charge is 2.44. The molecule has 150 valence electrons. The monoisotopic (exact) mass is 409 g/mol. The number of halogens is 1. The molecule has 2 aliphatic heterocycles. The maximum Gasteiger partial charge on any atom is 0.246 e. The molecule has 0 aliphatic carbocycles. The largest absolute Gasteiger partial charge is 0.486 e. The predicted molar refractivity (Wildman–Crippen MR) is 115 cm³/mol. The van der Waals surface area contributed by atoms with Gasteiger partial charge >= 0.3 is 0 Å². The number of nitrogens with zero attached hydrogens (tertiary/aromatic N) is 1. The Hall–Kier alpha value is -2.59. The quantitative estimate of drug-likeness (QED) is 0.656. The molecule has 0 aromatic heterocycles. The fourth-order valence-corrected chi connectivity index (χ4v) is 4.27. The van der Waals surface area contributed by atoms with Gasteiger partial charge in [0.2, 0.25) is 5.91 Å². The van der Waals surface area contributed by atoms with Crippen LogP contribution in [-0.2, 0) is 4.79 Å². The number of hydrogen-bond acceptors (Lipinski definition) is 3. The highest BCUT2D eigenvalue weighted by molar-refractivity contribution is 6.32. The van der Waals surface area contributed by atoms with Crippen molar-refractivity contribution in [2.24, 2.45) is 0 Å². The number of carbonyl (C=O) groups excluding carboxylic acids is 2. The third-order valence-electron chi connectivity index (χ3n) is 6.08. The number of ketones is 1. The number of ether oxygens (including phenoxy) is 1. The molecule has 1 fully saturated rings. The summed E-state index contributed by atoms with van der Waals surface area (Å²) in [6.07, 6.45) is 4.99. The maximum absolute atomic E-state index is 12.7. The summed E-state index contributed by atoms with van der Waals surface area (Å²) in [5.74, 6) is 0.807. The summed E-state index contributed by atoms with van der Waals surface area (Å²) >= 11 is 6.15. The Morgan fingerprint density at radius 2 is 1.86 bits per heavy atom. The highest BCUT2D eigenvalue weighted by atomic mass is 35.5. The van der Waals surface area contributed by atoms with E-state index in [0.29, 0.717) is 42.9 Å². The van der Waals surface area contributed by atoms with Crippen LogP contribution < -0.4 is 4.74 Å². The van der Waals surface area contributed by atoms with Crippen LogP contribution in [-0.4, -0.2) is 35.3 Å². The molecule has 2 aromatic rings. The lowest BCUT2D eigenvalue weighted by molar-refractivity contribution is -0.129. The molecule has 0 saturated carbocycles. The second-order valence-corrected chi connectivity index (χ2v) is 8.36. The van der Waals surface area contributed by atoms with E-state index in [2.05, 4.69) is 0 Å². The summed E-state index contributed by atoms with van der Waals surface area (Å²) in [6.45, 7) is 5.16. The Morgan fingerprint density at radius 3 is 2.59 bits per heavy atom. The van der Waals surface area contributed by atoms with Crippen LogP contribution in [0.25, 0.3) is 6.08 Å². The predicted octanol–water partition coefficient (Wildman–Crippen LogP) is 5.00. The van der Waals surface area contributed by atoms with Crippen molar-refractivity contribution in [1.29, 1.82) is 0 Å². The van der Waals surface area contributed by atoms with Gasteiger partial charge in [-0.25, -0.2) is 0 Å². The molecule has 2 heterocycles. The number of fused-ring (bicyclic) bond motifs is 1. The van der Waals surface area contributed by atoms with Crippen LogP contribution in [0, 0.1) is 13.8 Å². The summed E-state index contributed by atoms with van der Waals surface area (Å²) < 4.78 is 6.42. The molecule has 1 saturated heterocycles. The van der Waals surface area contributed by atoms with Gasteiger partial charge in [0.15, 0.2) is 5.78 Å². The van der Waals surface area contributed by atoms with Gasteiger partial charge in [-0.1, -0.05) is 35.9 Å². The van der Waals surface area contributed by atoms with Crippen LogP contribution >= 0.6 is 11.6 Å².